The van der Waals surface area contributed by atoms with Gasteiger partial charge >= 0.3 is 0 Å². The van der Waals surface area contributed by atoms with Crippen LogP contribution in [0.25, 0.3) is 0 Å². The summed E-state index contributed by atoms with van der Waals surface area (Å²) in [6.45, 7) is 6.03. The number of nitrogens with one attached hydrogen (secondary N) is 1. The summed E-state index contributed by atoms with van der Waals surface area (Å²) < 4.78 is 5.68. The Morgan fingerprint density at radius 2 is 2.11 bits per heavy atom. The molecule has 1 N–H and O–H groups in total. The molecule has 0 atom stereocenters. The molecule has 112 valence electrons. The molecule has 0 unspecified atom stereocenters. The normalized spacial score (nSPS) is 17.8. The molecule has 1 rings (SSSR count). The Morgan fingerprint density at radius 3 is 2.68 bits per heavy atom. The fraction of sp³-hybridized carbons (Fsp3) is 0.929. The minimum atomic E-state index is 0.445. The molecular weight excluding hydrogens is 258 g/mol. The van der Waals surface area contributed by atoms with E-state index < -0.39 is 0 Å². The van der Waals surface area contributed by atoms with E-state index in [0.717, 1.165) is 45.0 Å². The molecule has 1 saturated heterocycles. The minimum absolute atomic E-state index is 0.445. The second-order valence-corrected chi connectivity index (χ2v) is 5.80. The van der Waals surface area contributed by atoms with Crippen molar-refractivity contribution in [3.05, 3.63) is 0 Å². The predicted octanol–water partition coefficient (Wildman–Crippen LogP) is 2.21. The quantitative estimate of drug-likeness (QED) is 0.442. The first-order valence-electron chi connectivity index (χ1n) is 7.38. The van der Waals surface area contributed by atoms with Crippen LogP contribution in [0.4, 0.5) is 0 Å². The first-order valence-corrected chi connectivity index (χ1v) is 8.77. The maximum Gasteiger partial charge on any atom is 0.193 e. The van der Waals surface area contributed by atoms with Crippen molar-refractivity contribution in [1.29, 1.82) is 0 Å². The van der Waals surface area contributed by atoms with Crippen LogP contribution >= 0.6 is 11.8 Å². The van der Waals surface area contributed by atoms with Gasteiger partial charge in [-0.25, -0.2) is 0 Å². The molecule has 0 amide bonds. The van der Waals surface area contributed by atoms with Crippen LogP contribution in [-0.2, 0) is 4.74 Å². The van der Waals surface area contributed by atoms with Gasteiger partial charge in [-0.1, -0.05) is 0 Å². The molecule has 0 radical (unpaired) electrons. The van der Waals surface area contributed by atoms with Gasteiger partial charge in [-0.05, 0) is 44.6 Å². The third-order valence-corrected chi connectivity index (χ3v) is 4.11. The lowest BCUT2D eigenvalue weighted by Crippen LogP contribution is -2.47. The summed E-state index contributed by atoms with van der Waals surface area (Å²) in [6.07, 6.45) is 7.32. The van der Waals surface area contributed by atoms with Crippen molar-refractivity contribution in [2.24, 2.45) is 4.99 Å². The van der Waals surface area contributed by atoms with Crippen LogP contribution in [-0.4, -0.2) is 62.3 Å². The Balaban J connectivity index is 2.21. The van der Waals surface area contributed by atoms with Gasteiger partial charge in [0.2, 0.25) is 0 Å². The number of unbranched alkanes of at least 4 members (excludes halogenated alkanes) is 1. The summed E-state index contributed by atoms with van der Waals surface area (Å²) in [6, 6.07) is 0. The number of likely N-dealkylation sites (tertiary alicyclic amines) is 1. The molecule has 1 fully saturated rings. The molecule has 0 aromatic heterocycles. The topological polar surface area (TPSA) is 36.9 Å². The Labute approximate surface area is 122 Å². The van der Waals surface area contributed by atoms with Crippen molar-refractivity contribution >= 4 is 17.7 Å². The van der Waals surface area contributed by atoms with Crippen LogP contribution < -0.4 is 5.32 Å². The summed E-state index contributed by atoms with van der Waals surface area (Å²) in [5.74, 6) is 2.30. The van der Waals surface area contributed by atoms with E-state index in [1.807, 2.05) is 18.8 Å². The summed E-state index contributed by atoms with van der Waals surface area (Å²) in [7, 11) is 1.87. The molecule has 0 bridgehead atoms. The Kier molecular flexibility index (Phi) is 9.08. The summed E-state index contributed by atoms with van der Waals surface area (Å²) in [5.41, 5.74) is 0. The average Bonchev–Trinajstić information content (AvgIpc) is 2.44. The van der Waals surface area contributed by atoms with Gasteiger partial charge in [0.1, 0.15) is 0 Å². The predicted molar refractivity (Wildman–Crippen MR) is 85.2 cm³/mol. The van der Waals surface area contributed by atoms with E-state index in [4.69, 9.17) is 4.74 Å². The molecule has 0 aliphatic carbocycles. The van der Waals surface area contributed by atoms with E-state index in [9.17, 15) is 0 Å². The van der Waals surface area contributed by atoms with E-state index in [1.165, 1.54) is 18.6 Å². The Bertz CT molecular complexity index is 253. The van der Waals surface area contributed by atoms with Gasteiger partial charge in [0.05, 0.1) is 6.10 Å². The van der Waals surface area contributed by atoms with Crippen molar-refractivity contribution in [3.63, 3.8) is 0 Å². The monoisotopic (exact) mass is 287 g/mol. The smallest absolute Gasteiger partial charge is 0.193 e. The van der Waals surface area contributed by atoms with Crippen molar-refractivity contribution < 1.29 is 4.74 Å². The van der Waals surface area contributed by atoms with Crippen LogP contribution in [0.1, 0.15) is 32.6 Å². The fourth-order valence-electron chi connectivity index (χ4n) is 2.37. The zero-order chi connectivity index (χ0) is 13.9. The number of ether oxygens (including phenoxy) is 1. The number of piperidine rings is 1. The molecular formula is C14H29N3OS. The van der Waals surface area contributed by atoms with Gasteiger partial charge in [-0.2, -0.15) is 11.8 Å². The lowest BCUT2D eigenvalue weighted by Gasteiger charge is -2.34. The molecule has 19 heavy (non-hydrogen) atoms. The third-order valence-electron chi connectivity index (χ3n) is 3.41. The molecule has 0 aromatic carbocycles. The van der Waals surface area contributed by atoms with Crippen LogP contribution in [0.15, 0.2) is 4.99 Å². The van der Waals surface area contributed by atoms with Crippen LogP contribution in [0.2, 0.25) is 0 Å². The Morgan fingerprint density at radius 1 is 1.37 bits per heavy atom. The standard InChI is InChI=1S/C14H29N3OS/c1-4-18-13-7-10-17(11-8-13)14(15-2)16-9-5-6-12-19-3/h13H,4-12H2,1-3H3,(H,15,16). The second kappa shape index (κ2) is 10.4. The largest absolute Gasteiger partial charge is 0.378 e. The SMILES string of the molecule is CCOC1CCN(C(=NC)NCCCCSC)CC1. The molecule has 0 saturated carbocycles. The second-order valence-electron chi connectivity index (χ2n) is 4.82. The van der Waals surface area contributed by atoms with Crippen molar-refractivity contribution in [2.75, 3.05) is 45.3 Å². The van der Waals surface area contributed by atoms with Gasteiger partial charge in [-0.3, -0.25) is 4.99 Å². The zero-order valence-corrected chi connectivity index (χ0v) is 13.5. The van der Waals surface area contributed by atoms with Crippen molar-refractivity contribution in [1.82, 2.24) is 10.2 Å². The van der Waals surface area contributed by atoms with E-state index in [1.54, 1.807) is 0 Å². The first kappa shape index (κ1) is 16.6. The third kappa shape index (κ3) is 6.52. The molecule has 5 heteroatoms. The van der Waals surface area contributed by atoms with E-state index >= 15 is 0 Å². The average molecular weight is 287 g/mol. The highest BCUT2D eigenvalue weighted by Crippen LogP contribution is 2.13. The van der Waals surface area contributed by atoms with Gasteiger partial charge in [-0.15, -0.1) is 0 Å². The number of hydrogen-bond acceptors (Lipinski definition) is 3. The van der Waals surface area contributed by atoms with E-state index in [0.29, 0.717) is 6.10 Å². The van der Waals surface area contributed by atoms with Crippen LogP contribution in [0.3, 0.4) is 0 Å². The highest BCUT2D eigenvalue weighted by molar-refractivity contribution is 7.98. The van der Waals surface area contributed by atoms with Crippen molar-refractivity contribution in [3.8, 4) is 0 Å². The number of thioether (sulfide) groups is 1. The fourth-order valence-corrected chi connectivity index (χ4v) is 2.87. The molecule has 1 heterocycles. The van der Waals surface area contributed by atoms with E-state index in [-0.39, 0.29) is 0 Å². The number of guanidine groups is 1. The number of nitrogens with zero attached hydrogens (tertiary/aromatic N) is 2. The lowest BCUT2D eigenvalue weighted by atomic mass is 10.1. The molecule has 0 aromatic rings. The van der Waals surface area contributed by atoms with Gasteiger partial charge in [0, 0.05) is 33.3 Å². The maximum absolute atomic E-state index is 5.68. The first-order chi connectivity index (χ1) is 9.31. The number of hydrogen-bond donors (Lipinski definition) is 1. The summed E-state index contributed by atoms with van der Waals surface area (Å²) in [4.78, 5) is 6.74. The van der Waals surface area contributed by atoms with Crippen molar-refractivity contribution in [2.45, 2.75) is 38.7 Å². The highest BCUT2D eigenvalue weighted by atomic mass is 32.2. The maximum atomic E-state index is 5.68. The highest BCUT2D eigenvalue weighted by Gasteiger charge is 2.21. The molecule has 0 spiro atoms. The van der Waals surface area contributed by atoms with Gasteiger partial charge in [0.25, 0.3) is 0 Å². The lowest BCUT2D eigenvalue weighted by molar-refractivity contribution is 0.0264. The van der Waals surface area contributed by atoms with Gasteiger partial charge in [0.15, 0.2) is 5.96 Å². The zero-order valence-electron chi connectivity index (χ0n) is 12.7. The Hall–Kier alpha value is -0.420. The molecule has 1 aliphatic rings. The molecule has 1 aliphatic heterocycles. The number of rotatable bonds is 7. The van der Waals surface area contributed by atoms with Crippen LogP contribution in [0, 0.1) is 0 Å². The minimum Gasteiger partial charge on any atom is -0.378 e. The number of aliphatic imine (C=N–C) groups is 1. The summed E-state index contributed by atoms with van der Waals surface area (Å²) in [5, 5.41) is 3.47. The van der Waals surface area contributed by atoms with E-state index in [2.05, 4.69) is 28.4 Å². The molecule has 4 nitrogen and oxygen atoms in total. The summed E-state index contributed by atoms with van der Waals surface area (Å²) >= 11 is 1.92. The van der Waals surface area contributed by atoms with Crippen LogP contribution in [0.5, 0.6) is 0 Å². The van der Waals surface area contributed by atoms with Gasteiger partial charge < -0.3 is 15.0 Å².